The highest BCUT2D eigenvalue weighted by atomic mass is 16.5. The van der Waals surface area contributed by atoms with Crippen molar-refractivity contribution in [3.8, 4) is 5.75 Å². The van der Waals surface area contributed by atoms with E-state index in [4.69, 9.17) is 9.47 Å². The Morgan fingerprint density at radius 2 is 1.80 bits per heavy atom. The van der Waals surface area contributed by atoms with Crippen LogP contribution in [0, 0.1) is 0 Å². The maximum Gasteiger partial charge on any atom is 0.119 e. The maximum atomic E-state index is 5.63. The van der Waals surface area contributed by atoms with Crippen molar-refractivity contribution < 1.29 is 9.47 Å². The van der Waals surface area contributed by atoms with E-state index < -0.39 is 0 Å². The van der Waals surface area contributed by atoms with Crippen molar-refractivity contribution in [3.05, 3.63) is 29.8 Å². The number of rotatable bonds is 10. The molecule has 0 heterocycles. The molecule has 0 aliphatic heterocycles. The van der Waals surface area contributed by atoms with Gasteiger partial charge in [0.25, 0.3) is 0 Å². The van der Waals surface area contributed by atoms with Crippen LogP contribution >= 0.6 is 0 Å². The highest BCUT2D eigenvalue weighted by Crippen LogP contribution is 2.22. The van der Waals surface area contributed by atoms with Gasteiger partial charge in [-0.05, 0) is 50.4 Å². The minimum atomic E-state index is 0.309. The summed E-state index contributed by atoms with van der Waals surface area (Å²) < 4.78 is 11.0. The lowest BCUT2D eigenvalue weighted by Gasteiger charge is -2.20. The summed E-state index contributed by atoms with van der Waals surface area (Å²) in [7, 11) is 1.77. The summed E-state index contributed by atoms with van der Waals surface area (Å²) in [4.78, 5) is 0. The molecule has 0 aliphatic rings. The second-order valence-corrected chi connectivity index (χ2v) is 5.15. The SMILES string of the molecule is CCCOc1ccc(C(CCC(C)OC)NCC)cc1. The highest BCUT2D eigenvalue weighted by Gasteiger charge is 2.12. The molecule has 0 fully saturated rings. The summed E-state index contributed by atoms with van der Waals surface area (Å²) in [5.74, 6) is 0.955. The van der Waals surface area contributed by atoms with Crippen molar-refractivity contribution in [1.29, 1.82) is 0 Å². The predicted molar refractivity (Wildman–Crippen MR) is 84.4 cm³/mol. The van der Waals surface area contributed by atoms with Gasteiger partial charge in [0.2, 0.25) is 0 Å². The van der Waals surface area contributed by atoms with Crippen LogP contribution in [0.2, 0.25) is 0 Å². The van der Waals surface area contributed by atoms with Crippen molar-refractivity contribution in [1.82, 2.24) is 5.32 Å². The zero-order chi connectivity index (χ0) is 14.8. The van der Waals surface area contributed by atoms with Gasteiger partial charge in [-0.2, -0.15) is 0 Å². The van der Waals surface area contributed by atoms with Crippen LogP contribution in [0.15, 0.2) is 24.3 Å². The molecule has 20 heavy (non-hydrogen) atoms. The van der Waals surface area contributed by atoms with Crippen molar-refractivity contribution >= 4 is 0 Å². The van der Waals surface area contributed by atoms with E-state index in [0.29, 0.717) is 12.1 Å². The van der Waals surface area contributed by atoms with Crippen molar-refractivity contribution in [2.45, 2.75) is 52.2 Å². The molecule has 0 saturated carbocycles. The third kappa shape index (κ3) is 5.93. The Balaban J connectivity index is 2.61. The number of hydrogen-bond acceptors (Lipinski definition) is 3. The number of hydrogen-bond donors (Lipinski definition) is 1. The van der Waals surface area contributed by atoms with Crippen LogP contribution in [0.4, 0.5) is 0 Å². The Bertz CT molecular complexity index is 351. The predicted octanol–water partition coefficient (Wildman–Crippen LogP) is 3.94. The summed E-state index contributed by atoms with van der Waals surface area (Å²) in [5.41, 5.74) is 1.32. The van der Waals surface area contributed by atoms with Crippen LogP contribution in [-0.4, -0.2) is 26.4 Å². The van der Waals surface area contributed by atoms with Gasteiger partial charge in [0.15, 0.2) is 0 Å². The van der Waals surface area contributed by atoms with Gasteiger partial charge in [-0.15, -0.1) is 0 Å². The lowest BCUT2D eigenvalue weighted by atomic mass is 10.00. The van der Waals surface area contributed by atoms with Crippen LogP contribution in [0.25, 0.3) is 0 Å². The largest absolute Gasteiger partial charge is 0.494 e. The van der Waals surface area contributed by atoms with E-state index in [1.54, 1.807) is 7.11 Å². The van der Waals surface area contributed by atoms with Gasteiger partial charge in [-0.3, -0.25) is 0 Å². The second kappa shape index (κ2) is 9.78. The first-order valence-electron chi connectivity index (χ1n) is 7.70. The van der Waals surface area contributed by atoms with Crippen molar-refractivity contribution in [2.24, 2.45) is 0 Å². The smallest absolute Gasteiger partial charge is 0.119 e. The first kappa shape index (κ1) is 17.0. The highest BCUT2D eigenvalue weighted by molar-refractivity contribution is 5.29. The average molecular weight is 279 g/mol. The standard InChI is InChI=1S/C17H29NO2/c1-5-13-20-16-10-8-15(9-11-16)17(18-6-2)12-7-14(3)19-4/h8-11,14,17-18H,5-7,12-13H2,1-4H3. The van der Waals surface area contributed by atoms with E-state index >= 15 is 0 Å². The van der Waals surface area contributed by atoms with Gasteiger partial charge >= 0.3 is 0 Å². The molecule has 1 N–H and O–H groups in total. The quantitative estimate of drug-likeness (QED) is 0.703. The maximum absolute atomic E-state index is 5.63. The monoisotopic (exact) mass is 279 g/mol. The molecule has 0 radical (unpaired) electrons. The Kier molecular flexibility index (Phi) is 8.31. The van der Waals surface area contributed by atoms with Crippen LogP contribution < -0.4 is 10.1 Å². The number of nitrogens with one attached hydrogen (secondary N) is 1. The zero-order valence-corrected chi connectivity index (χ0v) is 13.3. The van der Waals surface area contributed by atoms with E-state index in [9.17, 15) is 0 Å². The molecule has 3 heteroatoms. The lowest BCUT2D eigenvalue weighted by molar-refractivity contribution is 0.106. The Labute approximate surface area is 123 Å². The fraction of sp³-hybridized carbons (Fsp3) is 0.647. The van der Waals surface area contributed by atoms with Gasteiger partial charge in [-0.1, -0.05) is 26.0 Å². The van der Waals surface area contributed by atoms with Crippen LogP contribution in [0.5, 0.6) is 5.75 Å². The Hall–Kier alpha value is -1.06. The minimum absolute atomic E-state index is 0.309. The first-order valence-corrected chi connectivity index (χ1v) is 7.70. The van der Waals surface area contributed by atoms with Gasteiger partial charge in [-0.25, -0.2) is 0 Å². The molecule has 1 rings (SSSR count). The van der Waals surface area contributed by atoms with E-state index in [-0.39, 0.29) is 0 Å². The molecule has 2 atom stereocenters. The molecule has 0 aliphatic carbocycles. The van der Waals surface area contributed by atoms with Crippen molar-refractivity contribution in [3.63, 3.8) is 0 Å². The summed E-state index contributed by atoms with van der Waals surface area (Å²) in [5, 5.41) is 3.54. The van der Waals surface area contributed by atoms with Crippen LogP contribution in [-0.2, 0) is 4.74 Å². The molecule has 1 aromatic carbocycles. The summed E-state index contributed by atoms with van der Waals surface area (Å²) in [6.07, 6.45) is 3.49. The fourth-order valence-electron chi connectivity index (χ4n) is 2.17. The van der Waals surface area contributed by atoms with Gasteiger partial charge < -0.3 is 14.8 Å². The summed E-state index contributed by atoms with van der Waals surface area (Å²) >= 11 is 0. The third-order valence-corrected chi connectivity index (χ3v) is 3.47. The van der Waals surface area contributed by atoms with E-state index in [0.717, 1.165) is 38.2 Å². The molecule has 114 valence electrons. The van der Waals surface area contributed by atoms with E-state index in [1.807, 2.05) is 0 Å². The lowest BCUT2D eigenvalue weighted by Crippen LogP contribution is -2.22. The molecular formula is C17H29NO2. The topological polar surface area (TPSA) is 30.5 Å². The number of benzene rings is 1. The molecule has 2 unspecified atom stereocenters. The van der Waals surface area contributed by atoms with Gasteiger partial charge in [0.1, 0.15) is 5.75 Å². The number of methoxy groups -OCH3 is 1. The first-order chi connectivity index (χ1) is 9.71. The van der Waals surface area contributed by atoms with Gasteiger partial charge in [0.05, 0.1) is 12.7 Å². The zero-order valence-electron chi connectivity index (χ0n) is 13.3. The molecule has 0 amide bonds. The van der Waals surface area contributed by atoms with Gasteiger partial charge in [0, 0.05) is 13.2 Å². The normalized spacial score (nSPS) is 14.0. The van der Waals surface area contributed by atoms with E-state index in [2.05, 4.69) is 50.4 Å². The molecule has 0 spiro atoms. The molecule has 1 aromatic rings. The minimum Gasteiger partial charge on any atom is -0.494 e. The molecule has 0 saturated heterocycles. The third-order valence-electron chi connectivity index (χ3n) is 3.47. The summed E-state index contributed by atoms with van der Waals surface area (Å²) in [6.45, 7) is 8.13. The molecule has 3 nitrogen and oxygen atoms in total. The average Bonchev–Trinajstić information content (AvgIpc) is 2.49. The molecular weight excluding hydrogens is 250 g/mol. The second-order valence-electron chi connectivity index (χ2n) is 5.15. The van der Waals surface area contributed by atoms with E-state index in [1.165, 1.54) is 5.56 Å². The summed E-state index contributed by atoms with van der Waals surface area (Å²) in [6, 6.07) is 8.84. The Morgan fingerprint density at radius 3 is 2.35 bits per heavy atom. The molecule has 0 aromatic heterocycles. The van der Waals surface area contributed by atoms with Crippen LogP contribution in [0.1, 0.15) is 51.6 Å². The molecule has 0 bridgehead atoms. The number of ether oxygens (including phenoxy) is 2. The van der Waals surface area contributed by atoms with Crippen LogP contribution in [0.3, 0.4) is 0 Å². The Morgan fingerprint density at radius 1 is 1.10 bits per heavy atom. The van der Waals surface area contributed by atoms with Crippen molar-refractivity contribution in [2.75, 3.05) is 20.3 Å². The fourth-order valence-corrected chi connectivity index (χ4v) is 2.17.